The van der Waals surface area contributed by atoms with E-state index in [1.807, 2.05) is 6.20 Å². The molecule has 3 heteroatoms. The van der Waals surface area contributed by atoms with Crippen molar-refractivity contribution in [2.45, 2.75) is 65.0 Å². The topological polar surface area (TPSA) is 29.9 Å². The Morgan fingerprint density at radius 1 is 1.41 bits per heavy atom. The lowest BCUT2D eigenvalue weighted by atomic mass is 10.0. The second-order valence-electron chi connectivity index (χ2n) is 5.50. The molecule has 1 saturated carbocycles. The van der Waals surface area contributed by atoms with Crippen molar-refractivity contribution in [3.05, 3.63) is 12.4 Å². The predicted molar refractivity (Wildman–Crippen MR) is 72.3 cm³/mol. The second-order valence-corrected chi connectivity index (χ2v) is 5.50. The first-order chi connectivity index (χ1) is 8.22. The van der Waals surface area contributed by atoms with E-state index in [-0.39, 0.29) is 0 Å². The van der Waals surface area contributed by atoms with Crippen molar-refractivity contribution in [1.82, 2.24) is 9.55 Å². The Morgan fingerprint density at radius 3 is 2.71 bits per heavy atom. The van der Waals surface area contributed by atoms with Crippen LogP contribution in [0.4, 0.5) is 5.95 Å². The fourth-order valence-corrected chi connectivity index (χ4v) is 2.93. The molecule has 1 aromatic rings. The largest absolute Gasteiger partial charge is 0.353 e. The van der Waals surface area contributed by atoms with Crippen LogP contribution < -0.4 is 5.32 Å². The molecule has 17 heavy (non-hydrogen) atoms. The number of aromatic nitrogens is 2. The lowest BCUT2D eigenvalue weighted by Crippen LogP contribution is -2.21. The molecule has 1 unspecified atom stereocenters. The first-order valence-electron chi connectivity index (χ1n) is 7.01. The van der Waals surface area contributed by atoms with Crippen LogP contribution in [-0.4, -0.2) is 15.6 Å². The van der Waals surface area contributed by atoms with E-state index in [1.165, 1.54) is 25.7 Å². The van der Waals surface area contributed by atoms with Crippen LogP contribution in [0.2, 0.25) is 0 Å². The van der Waals surface area contributed by atoms with Crippen LogP contribution in [0.1, 0.15) is 58.9 Å². The van der Waals surface area contributed by atoms with E-state index < -0.39 is 0 Å². The van der Waals surface area contributed by atoms with Gasteiger partial charge in [0.25, 0.3) is 0 Å². The molecule has 0 radical (unpaired) electrons. The molecule has 96 valence electrons. The van der Waals surface area contributed by atoms with Crippen molar-refractivity contribution < 1.29 is 0 Å². The van der Waals surface area contributed by atoms with Gasteiger partial charge in [0.1, 0.15) is 0 Å². The molecule has 2 rings (SSSR count). The van der Waals surface area contributed by atoms with Crippen molar-refractivity contribution in [2.24, 2.45) is 5.92 Å². The smallest absolute Gasteiger partial charge is 0.203 e. The summed E-state index contributed by atoms with van der Waals surface area (Å²) < 4.78 is 2.32. The normalized spacial score (nSPS) is 18.8. The third-order valence-electron chi connectivity index (χ3n) is 3.90. The van der Waals surface area contributed by atoms with Gasteiger partial charge in [-0.15, -0.1) is 0 Å². The molecule has 0 spiro atoms. The number of anilines is 1. The highest BCUT2D eigenvalue weighted by Gasteiger charge is 2.20. The van der Waals surface area contributed by atoms with Gasteiger partial charge in [-0.3, -0.25) is 0 Å². The van der Waals surface area contributed by atoms with E-state index in [1.54, 1.807) is 0 Å². The molecule has 1 fully saturated rings. The number of hydrogen-bond acceptors (Lipinski definition) is 2. The average molecular weight is 235 g/mol. The van der Waals surface area contributed by atoms with Gasteiger partial charge in [-0.1, -0.05) is 33.6 Å². The fraction of sp³-hybridized carbons (Fsp3) is 0.786. The van der Waals surface area contributed by atoms with E-state index in [2.05, 4.69) is 41.8 Å². The highest BCUT2D eigenvalue weighted by atomic mass is 15.2. The zero-order valence-electron chi connectivity index (χ0n) is 11.3. The third-order valence-corrected chi connectivity index (χ3v) is 3.90. The van der Waals surface area contributed by atoms with E-state index in [0.29, 0.717) is 18.0 Å². The van der Waals surface area contributed by atoms with E-state index in [9.17, 15) is 0 Å². The highest BCUT2D eigenvalue weighted by molar-refractivity contribution is 5.29. The number of nitrogens with zero attached hydrogens (tertiary/aromatic N) is 2. The third kappa shape index (κ3) is 2.82. The van der Waals surface area contributed by atoms with Gasteiger partial charge in [-0.25, -0.2) is 4.98 Å². The Bertz CT molecular complexity index is 337. The summed E-state index contributed by atoms with van der Waals surface area (Å²) in [5, 5.41) is 3.61. The minimum atomic E-state index is 0.557. The lowest BCUT2D eigenvalue weighted by Gasteiger charge is -2.24. The number of rotatable bonds is 5. The van der Waals surface area contributed by atoms with Crippen LogP contribution in [0.3, 0.4) is 0 Å². The maximum atomic E-state index is 4.48. The molecule has 0 amide bonds. The van der Waals surface area contributed by atoms with Crippen LogP contribution >= 0.6 is 0 Å². The first kappa shape index (κ1) is 12.5. The predicted octanol–water partition coefficient (Wildman–Crippen LogP) is 3.84. The van der Waals surface area contributed by atoms with Crippen molar-refractivity contribution in [3.63, 3.8) is 0 Å². The highest BCUT2D eigenvalue weighted by Crippen LogP contribution is 2.27. The van der Waals surface area contributed by atoms with Crippen molar-refractivity contribution >= 4 is 5.95 Å². The summed E-state index contributed by atoms with van der Waals surface area (Å²) in [4.78, 5) is 4.48. The molecule has 0 bridgehead atoms. The molecule has 0 aliphatic heterocycles. The summed E-state index contributed by atoms with van der Waals surface area (Å²) in [5.41, 5.74) is 0. The Balaban J connectivity index is 2.09. The van der Waals surface area contributed by atoms with E-state index in [4.69, 9.17) is 0 Å². The molecule has 1 aromatic heterocycles. The van der Waals surface area contributed by atoms with Crippen LogP contribution in [0, 0.1) is 5.92 Å². The summed E-state index contributed by atoms with van der Waals surface area (Å²) in [7, 11) is 0. The Morgan fingerprint density at radius 2 is 2.12 bits per heavy atom. The van der Waals surface area contributed by atoms with Crippen LogP contribution in [0.5, 0.6) is 0 Å². The maximum absolute atomic E-state index is 4.48. The molecule has 0 aromatic carbocycles. The SMILES string of the molecule is CCC(C(C)C)n1ccnc1NC1CCCC1. The zero-order valence-corrected chi connectivity index (χ0v) is 11.3. The van der Waals surface area contributed by atoms with Crippen LogP contribution in [0.25, 0.3) is 0 Å². The monoisotopic (exact) mass is 235 g/mol. The standard InChI is InChI=1S/C14H25N3/c1-4-13(11(2)3)17-10-9-15-14(17)16-12-7-5-6-8-12/h9-13H,4-8H2,1-3H3,(H,15,16). The lowest BCUT2D eigenvalue weighted by molar-refractivity contribution is 0.368. The summed E-state index contributed by atoms with van der Waals surface area (Å²) in [6, 6.07) is 1.20. The Kier molecular flexibility index (Phi) is 4.08. The molecule has 1 aliphatic carbocycles. The Hall–Kier alpha value is -0.990. The molecule has 0 saturated heterocycles. The molecule has 1 N–H and O–H groups in total. The summed E-state index contributed by atoms with van der Waals surface area (Å²) in [6.45, 7) is 6.82. The van der Waals surface area contributed by atoms with Crippen molar-refractivity contribution in [2.75, 3.05) is 5.32 Å². The van der Waals surface area contributed by atoms with Gasteiger partial charge in [-0.05, 0) is 25.2 Å². The quantitative estimate of drug-likeness (QED) is 0.840. The Labute approximate surface area is 105 Å². The van der Waals surface area contributed by atoms with E-state index in [0.717, 1.165) is 12.4 Å². The van der Waals surface area contributed by atoms with Crippen LogP contribution in [0.15, 0.2) is 12.4 Å². The summed E-state index contributed by atoms with van der Waals surface area (Å²) >= 11 is 0. The molecule has 1 aliphatic rings. The van der Waals surface area contributed by atoms with Crippen molar-refractivity contribution in [3.8, 4) is 0 Å². The molecule has 1 atom stereocenters. The van der Waals surface area contributed by atoms with Gasteiger partial charge in [0.2, 0.25) is 5.95 Å². The van der Waals surface area contributed by atoms with Gasteiger partial charge in [0, 0.05) is 24.5 Å². The van der Waals surface area contributed by atoms with Gasteiger partial charge in [-0.2, -0.15) is 0 Å². The van der Waals surface area contributed by atoms with Gasteiger partial charge >= 0.3 is 0 Å². The second kappa shape index (κ2) is 5.56. The van der Waals surface area contributed by atoms with Crippen molar-refractivity contribution in [1.29, 1.82) is 0 Å². The molecular formula is C14H25N3. The zero-order chi connectivity index (χ0) is 12.3. The first-order valence-corrected chi connectivity index (χ1v) is 7.01. The minimum absolute atomic E-state index is 0.557. The number of imidazole rings is 1. The summed E-state index contributed by atoms with van der Waals surface area (Å²) in [5.74, 6) is 1.72. The van der Waals surface area contributed by atoms with Crippen LogP contribution in [-0.2, 0) is 0 Å². The maximum Gasteiger partial charge on any atom is 0.203 e. The minimum Gasteiger partial charge on any atom is -0.353 e. The average Bonchev–Trinajstić information content (AvgIpc) is 2.92. The molecular weight excluding hydrogens is 210 g/mol. The van der Waals surface area contributed by atoms with Gasteiger partial charge < -0.3 is 9.88 Å². The van der Waals surface area contributed by atoms with E-state index >= 15 is 0 Å². The summed E-state index contributed by atoms with van der Waals surface area (Å²) in [6.07, 6.45) is 10.5. The molecule has 3 nitrogen and oxygen atoms in total. The van der Waals surface area contributed by atoms with Gasteiger partial charge in [0.15, 0.2) is 0 Å². The fourth-order valence-electron chi connectivity index (χ4n) is 2.93. The number of nitrogens with one attached hydrogen (secondary N) is 1. The number of hydrogen-bond donors (Lipinski definition) is 1. The van der Waals surface area contributed by atoms with Gasteiger partial charge in [0.05, 0.1) is 0 Å². The molecule has 1 heterocycles.